The maximum Gasteiger partial charge on any atom is 0.252 e. The fourth-order valence-corrected chi connectivity index (χ4v) is 3.37. The van der Waals surface area contributed by atoms with Gasteiger partial charge in [-0.15, -0.1) is 0 Å². The van der Waals surface area contributed by atoms with Gasteiger partial charge in [-0.1, -0.05) is 6.42 Å². The average Bonchev–Trinajstić information content (AvgIpc) is 2.23. The molecule has 1 aromatic carbocycles. The van der Waals surface area contributed by atoms with Crippen molar-refractivity contribution in [2.45, 2.75) is 37.1 Å². The predicted octanol–water partition coefficient (Wildman–Crippen LogP) is 2.15. The van der Waals surface area contributed by atoms with Crippen LogP contribution in [-0.4, -0.2) is 20.4 Å². The van der Waals surface area contributed by atoms with E-state index in [2.05, 4.69) is 21.2 Å². The van der Waals surface area contributed by atoms with Gasteiger partial charge in [0.25, 0.3) is 5.91 Å². The Labute approximate surface area is 131 Å². The van der Waals surface area contributed by atoms with E-state index >= 15 is 0 Å². The number of halogens is 2. The summed E-state index contributed by atoms with van der Waals surface area (Å²) in [5.41, 5.74) is 0.0478. The SMILES string of the molecule is CC(NC(=O)c1cc(S(N)(=O)=O)c(F)cc1Br)C1CCC1. The molecule has 116 valence electrons. The number of carbonyl (C=O) groups is 1. The second-order valence-electron chi connectivity index (χ2n) is 5.26. The van der Waals surface area contributed by atoms with Gasteiger partial charge in [0.15, 0.2) is 0 Å². The van der Waals surface area contributed by atoms with E-state index in [1.54, 1.807) is 0 Å². The molecule has 1 unspecified atom stereocenters. The van der Waals surface area contributed by atoms with Crippen LogP contribution in [0.3, 0.4) is 0 Å². The quantitative estimate of drug-likeness (QED) is 0.840. The van der Waals surface area contributed by atoms with Crippen molar-refractivity contribution in [3.05, 3.63) is 28.0 Å². The molecule has 0 bridgehead atoms. The number of nitrogens with two attached hydrogens (primary N) is 1. The molecule has 1 aromatic rings. The van der Waals surface area contributed by atoms with Crippen LogP contribution in [-0.2, 0) is 10.0 Å². The molecule has 0 aromatic heterocycles. The molecule has 1 amide bonds. The van der Waals surface area contributed by atoms with E-state index in [0.29, 0.717) is 5.92 Å². The van der Waals surface area contributed by atoms with Crippen molar-refractivity contribution in [3.8, 4) is 0 Å². The first-order chi connectivity index (χ1) is 9.70. The molecule has 0 spiro atoms. The van der Waals surface area contributed by atoms with Gasteiger partial charge in [0.2, 0.25) is 10.0 Å². The number of hydrogen-bond acceptors (Lipinski definition) is 3. The van der Waals surface area contributed by atoms with Crippen molar-refractivity contribution >= 4 is 31.9 Å². The largest absolute Gasteiger partial charge is 0.349 e. The number of hydrogen-bond donors (Lipinski definition) is 2. The standard InChI is InChI=1S/C13H16BrFN2O3S/c1-7(8-3-2-4-8)17-13(18)9-5-12(21(16,19)20)11(15)6-10(9)14/h5-8H,2-4H2,1H3,(H,17,18)(H2,16,19,20). The van der Waals surface area contributed by atoms with Crippen LogP contribution in [0.2, 0.25) is 0 Å². The molecule has 1 atom stereocenters. The lowest BCUT2D eigenvalue weighted by molar-refractivity contribution is 0.0908. The van der Waals surface area contributed by atoms with Gasteiger partial charge in [0, 0.05) is 10.5 Å². The zero-order valence-electron chi connectivity index (χ0n) is 11.4. The van der Waals surface area contributed by atoms with E-state index in [1.165, 1.54) is 0 Å². The van der Waals surface area contributed by atoms with Crippen molar-refractivity contribution in [1.82, 2.24) is 5.32 Å². The molecule has 8 heteroatoms. The van der Waals surface area contributed by atoms with E-state index in [1.807, 2.05) is 6.92 Å². The summed E-state index contributed by atoms with van der Waals surface area (Å²) < 4.78 is 36.4. The molecule has 0 radical (unpaired) electrons. The summed E-state index contributed by atoms with van der Waals surface area (Å²) in [7, 11) is -4.22. The Bertz CT molecular complexity index is 674. The Balaban J connectivity index is 2.28. The van der Waals surface area contributed by atoms with Gasteiger partial charge in [-0.2, -0.15) is 0 Å². The molecule has 1 aliphatic rings. The van der Waals surface area contributed by atoms with Crippen molar-refractivity contribution in [3.63, 3.8) is 0 Å². The normalized spacial score (nSPS) is 17.1. The monoisotopic (exact) mass is 378 g/mol. The molecule has 0 saturated heterocycles. The highest BCUT2D eigenvalue weighted by Crippen LogP contribution is 2.30. The van der Waals surface area contributed by atoms with Crippen LogP contribution >= 0.6 is 15.9 Å². The molecule has 1 saturated carbocycles. The van der Waals surface area contributed by atoms with Crippen LogP contribution in [0, 0.1) is 11.7 Å². The van der Waals surface area contributed by atoms with Crippen LogP contribution in [0.5, 0.6) is 0 Å². The van der Waals surface area contributed by atoms with Gasteiger partial charge in [-0.3, -0.25) is 4.79 Å². The zero-order chi connectivity index (χ0) is 15.8. The highest BCUT2D eigenvalue weighted by atomic mass is 79.9. The molecule has 3 N–H and O–H groups in total. The lowest BCUT2D eigenvalue weighted by Crippen LogP contribution is -2.40. The van der Waals surface area contributed by atoms with Crippen LogP contribution in [0.15, 0.2) is 21.5 Å². The summed E-state index contributed by atoms with van der Waals surface area (Å²) in [4.78, 5) is 11.5. The number of benzene rings is 1. The molecule has 21 heavy (non-hydrogen) atoms. The maximum absolute atomic E-state index is 13.6. The first-order valence-electron chi connectivity index (χ1n) is 6.53. The van der Waals surface area contributed by atoms with Crippen molar-refractivity contribution < 1.29 is 17.6 Å². The third kappa shape index (κ3) is 3.61. The van der Waals surface area contributed by atoms with E-state index in [9.17, 15) is 17.6 Å². The lowest BCUT2D eigenvalue weighted by Gasteiger charge is -2.32. The topological polar surface area (TPSA) is 89.3 Å². The highest BCUT2D eigenvalue weighted by Gasteiger charge is 2.27. The van der Waals surface area contributed by atoms with Gasteiger partial charge < -0.3 is 5.32 Å². The number of rotatable bonds is 4. The van der Waals surface area contributed by atoms with E-state index in [0.717, 1.165) is 31.4 Å². The molecule has 2 rings (SSSR count). The fourth-order valence-electron chi connectivity index (χ4n) is 2.26. The van der Waals surface area contributed by atoms with Crippen LogP contribution in [0.25, 0.3) is 0 Å². The number of nitrogens with one attached hydrogen (secondary N) is 1. The van der Waals surface area contributed by atoms with Gasteiger partial charge in [-0.25, -0.2) is 17.9 Å². The minimum absolute atomic E-state index is 0.0128. The molecule has 1 fully saturated rings. The van der Waals surface area contributed by atoms with Gasteiger partial charge in [-0.05, 0) is 53.7 Å². The van der Waals surface area contributed by atoms with Crippen LogP contribution in [0.1, 0.15) is 36.5 Å². The molecule has 0 aliphatic heterocycles. The molecule has 5 nitrogen and oxygen atoms in total. The summed E-state index contributed by atoms with van der Waals surface area (Å²) >= 11 is 3.07. The second-order valence-corrected chi connectivity index (χ2v) is 7.64. The number of sulfonamides is 1. The first kappa shape index (κ1) is 16.4. The van der Waals surface area contributed by atoms with E-state index < -0.39 is 26.6 Å². The van der Waals surface area contributed by atoms with E-state index in [-0.39, 0.29) is 16.1 Å². The van der Waals surface area contributed by atoms with Crippen molar-refractivity contribution in [1.29, 1.82) is 0 Å². The van der Waals surface area contributed by atoms with Crippen LogP contribution < -0.4 is 10.5 Å². The van der Waals surface area contributed by atoms with Gasteiger partial charge in [0.1, 0.15) is 10.7 Å². The lowest BCUT2D eigenvalue weighted by atomic mass is 9.80. The molecular weight excluding hydrogens is 363 g/mol. The number of primary sulfonamides is 1. The smallest absolute Gasteiger partial charge is 0.252 e. The Morgan fingerprint density at radius 1 is 1.48 bits per heavy atom. The third-order valence-corrected chi connectivity index (χ3v) is 5.37. The van der Waals surface area contributed by atoms with Gasteiger partial charge in [0.05, 0.1) is 5.56 Å². The third-order valence-electron chi connectivity index (χ3n) is 3.79. The fraction of sp³-hybridized carbons (Fsp3) is 0.462. The maximum atomic E-state index is 13.6. The summed E-state index contributed by atoms with van der Waals surface area (Å²) in [6, 6.07) is 1.88. The Morgan fingerprint density at radius 2 is 2.10 bits per heavy atom. The summed E-state index contributed by atoms with van der Waals surface area (Å²) in [5, 5.41) is 7.75. The zero-order valence-corrected chi connectivity index (χ0v) is 13.8. The molecule has 0 heterocycles. The Morgan fingerprint density at radius 3 is 2.57 bits per heavy atom. The second kappa shape index (κ2) is 6.02. The van der Waals surface area contributed by atoms with Crippen molar-refractivity contribution in [2.24, 2.45) is 11.1 Å². The van der Waals surface area contributed by atoms with Crippen molar-refractivity contribution in [2.75, 3.05) is 0 Å². The minimum atomic E-state index is -4.22. The number of amides is 1. The number of carbonyl (C=O) groups excluding carboxylic acids is 1. The summed E-state index contributed by atoms with van der Waals surface area (Å²) in [5.74, 6) is -1.01. The Kier molecular flexibility index (Phi) is 4.69. The summed E-state index contributed by atoms with van der Waals surface area (Å²) in [6.07, 6.45) is 3.28. The van der Waals surface area contributed by atoms with E-state index in [4.69, 9.17) is 5.14 Å². The van der Waals surface area contributed by atoms with Gasteiger partial charge >= 0.3 is 0 Å². The molecule has 1 aliphatic carbocycles. The Hall–Kier alpha value is -0.990. The minimum Gasteiger partial charge on any atom is -0.349 e. The highest BCUT2D eigenvalue weighted by molar-refractivity contribution is 9.10. The predicted molar refractivity (Wildman–Crippen MR) is 79.7 cm³/mol. The van der Waals surface area contributed by atoms with Crippen LogP contribution in [0.4, 0.5) is 4.39 Å². The molecular formula is C13H16BrFN2O3S. The summed E-state index contributed by atoms with van der Waals surface area (Å²) in [6.45, 7) is 1.90. The average molecular weight is 379 g/mol. The first-order valence-corrected chi connectivity index (χ1v) is 8.87.